The van der Waals surface area contributed by atoms with Gasteiger partial charge in [-0.2, -0.15) is 0 Å². The molecule has 0 aromatic heterocycles. The van der Waals surface area contributed by atoms with Crippen LogP contribution in [0.3, 0.4) is 0 Å². The summed E-state index contributed by atoms with van der Waals surface area (Å²) < 4.78 is 0. The number of carbonyl (C=O) groups is 1. The summed E-state index contributed by atoms with van der Waals surface area (Å²) in [6.07, 6.45) is 3.48. The number of nitrogens with zero attached hydrogens (tertiary/aromatic N) is 1. The first-order valence-electron chi connectivity index (χ1n) is 6.68. The zero-order valence-corrected chi connectivity index (χ0v) is 11.5. The van der Waals surface area contributed by atoms with Crippen LogP contribution in [0.5, 0.6) is 0 Å². The molecule has 0 saturated heterocycles. The molecule has 0 aliphatic heterocycles. The van der Waals surface area contributed by atoms with Gasteiger partial charge in [-0.1, -0.05) is 25.5 Å². The van der Waals surface area contributed by atoms with Crippen LogP contribution < -0.4 is 4.90 Å². The third-order valence-corrected chi connectivity index (χ3v) is 3.25. The third-order valence-electron chi connectivity index (χ3n) is 3.25. The topological polar surface area (TPSA) is 40.5 Å². The number of hydrogen-bond donors (Lipinski definition) is 1. The lowest BCUT2D eigenvalue weighted by atomic mass is 10.1. The maximum Gasteiger partial charge on any atom is 0.326 e. The van der Waals surface area contributed by atoms with Gasteiger partial charge < -0.3 is 10.0 Å². The van der Waals surface area contributed by atoms with Gasteiger partial charge >= 0.3 is 5.97 Å². The fraction of sp³-hybridized carbons (Fsp3) is 0.533. The van der Waals surface area contributed by atoms with E-state index in [1.165, 1.54) is 18.4 Å². The molecule has 100 valence electrons. The highest BCUT2D eigenvalue weighted by molar-refractivity contribution is 5.77. The molecule has 0 bridgehead atoms. The van der Waals surface area contributed by atoms with Crippen LogP contribution in [-0.4, -0.2) is 23.7 Å². The third kappa shape index (κ3) is 3.76. The Morgan fingerprint density at radius 3 is 2.33 bits per heavy atom. The van der Waals surface area contributed by atoms with Crippen molar-refractivity contribution in [1.29, 1.82) is 0 Å². The van der Waals surface area contributed by atoms with Gasteiger partial charge in [0.1, 0.15) is 6.04 Å². The van der Waals surface area contributed by atoms with Gasteiger partial charge in [0, 0.05) is 12.2 Å². The van der Waals surface area contributed by atoms with Crippen molar-refractivity contribution >= 4 is 11.7 Å². The minimum atomic E-state index is -0.785. The Morgan fingerprint density at radius 2 is 1.89 bits per heavy atom. The summed E-state index contributed by atoms with van der Waals surface area (Å²) in [6, 6.07) is 7.75. The monoisotopic (exact) mass is 249 g/mol. The maximum absolute atomic E-state index is 11.0. The summed E-state index contributed by atoms with van der Waals surface area (Å²) in [4.78, 5) is 12.9. The fourth-order valence-corrected chi connectivity index (χ4v) is 2.05. The number of rotatable bonds is 7. The molecule has 0 aliphatic carbocycles. The summed E-state index contributed by atoms with van der Waals surface area (Å²) in [5.41, 5.74) is 2.30. The van der Waals surface area contributed by atoms with E-state index in [1.54, 1.807) is 6.92 Å². The van der Waals surface area contributed by atoms with Gasteiger partial charge in [-0.15, -0.1) is 0 Å². The number of carboxylic acids is 1. The van der Waals surface area contributed by atoms with E-state index >= 15 is 0 Å². The summed E-state index contributed by atoms with van der Waals surface area (Å²) in [5.74, 6) is -0.785. The fourth-order valence-electron chi connectivity index (χ4n) is 2.05. The van der Waals surface area contributed by atoms with Crippen molar-refractivity contribution in [3.05, 3.63) is 29.8 Å². The number of unbranched alkanes of at least 4 members (excludes halogenated alkanes) is 1. The Labute approximate surface area is 109 Å². The van der Waals surface area contributed by atoms with E-state index in [4.69, 9.17) is 5.11 Å². The molecule has 0 amide bonds. The summed E-state index contributed by atoms with van der Waals surface area (Å²) in [7, 11) is 0. The molecule has 0 fully saturated rings. The van der Waals surface area contributed by atoms with Gasteiger partial charge in [-0.3, -0.25) is 0 Å². The summed E-state index contributed by atoms with van der Waals surface area (Å²) in [5, 5.41) is 9.07. The van der Waals surface area contributed by atoms with E-state index in [0.717, 1.165) is 12.1 Å². The molecule has 0 unspecified atom stereocenters. The van der Waals surface area contributed by atoms with Gasteiger partial charge in [-0.25, -0.2) is 4.79 Å². The first-order valence-corrected chi connectivity index (χ1v) is 6.68. The van der Waals surface area contributed by atoms with E-state index in [-0.39, 0.29) is 0 Å². The van der Waals surface area contributed by atoms with Gasteiger partial charge in [0.2, 0.25) is 0 Å². The molecule has 0 heterocycles. The molecule has 3 heteroatoms. The molecule has 0 saturated carbocycles. The number of likely N-dealkylation sites (N-methyl/N-ethyl adjacent to an activating group) is 1. The number of aryl methyl sites for hydroxylation is 1. The number of carboxylic acid groups (broad SMARTS) is 1. The quantitative estimate of drug-likeness (QED) is 0.805. The summed E-state index contributed by atoms with van der Waals surface area (Å²) in [6.45, 7) is 6.57. The molecular formula is C15H23NO2. The minimum absolute atomic E-state index is 0.489. The van der Waals surface area contributed by atoms with Gasteiger partial charge in [0.15, 0.2) is 0 Å². The SMILES string of the molecule is CCCCc1ccc(N(CC)[C@H](C)C(=O)O)cc1. The zero-order chi connectivity index (χ0) is 13.5. The van der Waals surface area contributed by atoms with Crippen molar-refractivity contribution < 1.29 is 9.90 Å². The standard InChI is InChI=1S/C15H23NO2/c1-4-6-7-13-8-10-14(11-9-13)16(5-2)12(3)15(17)18/h8-12H,4-7H2,1-3H3,(H,17,18)/t12-/m1/s1. The van der Waals surface area contributed by atoms with Crippen LogP contribution in [0.1, 0.15) is 39.2 Å². The Bertz CT molecular complexity index is 373. The Morgan fingerprint density at radius 1 is 1.28 bits per heavy atom. The lowest BCUT2D eigenvalue weighted by Gasteiger charge is -2.27. The van der Waals surface area contributed by atoms with Crippen LogP contribution in [0, 0.1) is 0 Å². The highest BCUT2D eigenvalue weighted by Gasteiger charge is 2.19. The van der Waals surface area contributed by atoms with Crippen LogP contribution in [0.25, 0.3) is 0 Å². The predicted molar refractivity (Wildman–Crippen MR) is 75.2 cm³/mol. The largest absolute Gasteiger partial charge is 0.480 e. The molecule has 0 spiro atoms. The number of aliphatic carboxylic acids is 1. The van der Waals surface area contributed by atoms with Crippen molar-refractivity contribution in [1.82, 2.24) is 0 Å². The van der Waals surface area contributed by atoms with Crippen LogP contribution in [0.4, 0.5) is 5.69 Å². The van der Waals surface area contributed by atoms with Gasteiger partial charge in [0.25, 0.3) is 0 Å². The molecule has 1 N–H and O–H groups in total. The van der Waals surface area contributed by atoms with E-state index in [1.807, 2.05) is 24.0 Å². The summed E-state index contributed by atoms with van der Waals surface area (Å²) >= 11 is 0. The average molecular weight is 249 g/mol. The molecule has 3 nitrogen and oxygen atoms in total. The second-order valence-corrected chi connectivity index (χ2v) is 4.57. The maximum atomic E-state index is 11.0. The van der Waals surface area contributed by atoms with Crippen molar-refractivity contribution in [3.8, 4) is 0 Å². The van der Waals surface area contributed by atoms with Crippen molar-refractivity contribution in [2.75, 3.05) is 11.4 Å². The first-order chi connectivity index (χ1) is 8.60. The highest BCUT2D eigenvalue weighted by Crippen LogP contribution is 2.18. The zero-order valence-electron chi connectivity index (χ0n) is 11.5. The van der Waals surface area contributed by atoms with E-state index in [0.29, 0.717) is 6.54 Å². The molecule has 1 aromatic rings. The number of hydrogen-bond acceptors (Lipinski definition) is 2. The van der Waals surface area contributed by atoms with Gasteiger partial charge in [-0.05, 0) is 44.4 Å². The lowest BCUT2D eigenvalue weighted by molar-refractivity contribution is -0.138. The van der Waals surface area contributed by atoms with E-state index in [2.05, 4.69) is 19.1 Å². The Balaban J connectivity index is 2.78. The normalized spacial score (nSPS) is 12.2. The van der Waals surface area contributed by atoms with E-state index in [9.17, 15) is 4.79 Å². The van der Waals surface area contributed by atoms with Crippen molar-refractivity contribution in [2.45, 2.75) is 46.1 Å². The molecule has 18 heavy (non-hydrogen) atoms. The van der Waals surface area contributed by atoms with Crippen molar-refractivity contribution in [3.63, 3.8) is 0 Å². The molecule has 1 aromatic carbocycles. The van der Waals surface area contributed by atoms with Crippen LogP contribution in [-0.2, 0) is 11.2 Å². The van der Waals surface area contributed by atoms with Gasteiger partial charge in [0.05, 0.1) is 0 Å². The number of anilines is 1. The lowest BCUT2D eigenvalue weighted by Crippen LogP contribution is -2.38. The smallest absolute Gasteiger partial charge is 0.326 e. The molecule has 1 rings (SSSR count). The Hall–Kier alpha value is -1.51. The average Bonchev–Trinajstić information content (AvgIpc) is 2.38. The molecule has 1 atom stereocenters. The van der Waals surface area contributed by atoms with Crippen LogP contribution in [0.15, 0.2) is 24.3 Å². The van der Waals surface area contributed by atoms with Crippen LogP contribution >= 0.6 is 0 Å². The molecule has 0 aliphatic rings. The Kier molecular flexibility index (Phi) is 5.69. The first kappa shape index (κ1) is 14.6. The molecule has 0 radical (unpaired) electrons. The highest BCUT2D eigenvalue weighted by atomic mass is 16.4. The number of benzene rings is 1. The minimum Gasteiger partial charge on any atom is -0.480 e. The second kappa shape index (κ2) is 7.04. The molecular weight excluding hydrogens is 226 g/mol. The predicted octanol–water partition coefficient (Wildman–Crippen LogP) is 3.33. The van der Waals surface area contributed by atoms with E-state index < -0.39 is 12.0 Å². The van der Waals surface area contributed by atoms with Crippen molar-refractivity contribution in [2.24, 2.45) is 0 Å². The second-order valence-electron chi connectivity index (χ2n) is 4.57. The van der Waals surface area contributed by atoms with Crippen LogP contribution in [0.2, 0.25) is 0 Å².